The molecule has 0 unspecified atom stereocenters. The van der Waals surface area contributed by atoms with Crippen LogP contribution in [0.3, 0.4) is 0 Å². The van der Waals surface area contributed by atoms with Gasteiger partial charge in [-0.25, -0.2) is 4.98 Å². The van der Waals surface area contributed by atoms with E-state index < -0.39 is 11.7 Å². The number of carbonyl (C=O) groups is 1. The van der Waals surface area contributed by atoms with E-state index in [2.05, 4.69) is 4.98 Å². The smallest absolute Gasteiger partial charge is 0.416 e. The Morgan fingerprint density at radius 1 is 0.970 bits per heavy atom. The van der Waals surface area contributed by atoms with Gasteiger partial charge in [-0.2, -0.15) is 13.2 Å². The number of halogens is 3. The molecule has 4 rings (SSSR count). The highest BCUT2D eigenvalue weighted by Crippen LogP contribution is 2.31. The molecule has 1 heterocycles. The van der Waals surface area contributed by atoms with Gasteiger partial charge in [0.2, 0.25) is 5.89 Å². The van der Waals surface area contributed by atoms with Crippen LogP contribution in [0.1, 0.15) is 32.9 Å². The Morgan fingerprint density at radius 3 is 2.39 bits per heavy atom. The van der Waals surface area contributed by atoms with E-state index in [1.54, 1.807) is 31.2 Å². The number of ketones is 1. The van der Waals surface area contributed by atoms with Gasteiger partial charge in [0.1, 0.15) is 23.8 Å². The number of aromatic nitrogens is 1. The molecule has 33 heavy (non-hydrogen) atoms. The summed E-state index contributed by atoms with van der Waals surface area (Å²) in [7, 11) is 0. The average Bonchev–Trinajstić information content (AvgIpc) is 3.18. The molecule has 4 nitrogen and oxygen atoms in total. The number of hydrogen-bond donors (Lipinski definition) is 0. The van der Waals surface area contributed by atoms with Crippen LogP contribution in [0.15, 0.2) is 83.3 Å². The fraction of sp³-hybridized carbons (Fsp3) is 0.154. The molecular formula is C26H20F3NO3. The molecule has 0 aliphatic carbocycles. The Balaban J connectivity index is 1.43. The summed E-state index contributed by atoms with van der Waals surface area (Å²) in [5, 5.41) is 0. The van der Waals surface area contributed by atoms with Gasteiger partial charge in [0.15, 0.2) is 5.78 Å². The largest absolute Gasteiger partial charge is 0.487 e. The van der Waals surface area contributed by atoms with Gasteiger partial charge in [0.05, 0.1) is 5.56 Å². The number of benzene rings is 3. The number of hydrogen-bond acceptors (Lipinski definition) is 4. The number of rotatable bonds is 7. The second kappa shape index (κ2) is 9.32. The average molecular weight is 451 g/mol. The first-order valence-corrected chi connectivity index (χ1v) is 10.2. The predicted molar refractivity (Wildman–Crippen MR) is 117 cm³/mol. The SMILES string of the molecule is Cc1oc(-c2ccc(C(F)(F)F)cc2)nc1COc1cccc(C(=O)Cc2ccccc2)c1. The number of carbonyl (C=O) groups excluding carboxylic acids is 1. The van der Waals surface area contributed by atoms with Crippen molar-refractivity contribution in [1.82, 2.24) is 4.98 Å². The van der Waals surface area contributed by atoms with Crippen molar-refractivity contribution in [2.75, 3.05) is 0 Å². The zero-order valence-corrected chi connectivity index (χ0v) is 17.7. The molecule has 0 saturated heterocycles. The maximum Gasteiger partial charge on any atom is 0.416 e. The molecule has 0 amide bonds. The van der Waals surface area contributed by atoms with Gasteiger partial charge in [-0.3, -0.25) is 4.79 Å². The molecule has 3 aromatic carbocycles. The zero-order chi connectivity index (χ0) is 23.4. The lowest BCUT2D eigenvalue weighted by atomic mass is 10.0. The monoisotopic (exact) mass is 451 g/mol. The van der Waals surface area contributed by atoms with E-state index in [0.717, 1.165) is 17.7 Å². The van der Waals surface area contributed by atoms with Crippen LogP contribution < -0.4 is 4.74 Å². The maximum atomic E-state index is 12.8. The van der Waals surface area contributed by atoms with E-state index in [9.17, 15) is 18.0 Å². The molecule has 7 heteroatoms. The Bertz CT molecular complexity index is 1250. The van der Waals surface area contributed by atoms with Gasteiger partial charge in [-0.1, -0.05) is 42.5 Å². The number of Topliss-reactive ketones (excluding diaryl/α,β-unsaturated/α-hetero) is 1. The Hall–Kier alpha value is -3.87. The van der Waals surface area contributed by atoms with Crippen molar-refractivity contribution in [3.8, 4) is 17.2 Å². The van der Waals surface area contributed by atoms with Gasteiger partial charge in [-0.05, 0) is 48.9 Å². The van der Waals surface area contributed by atoms with Gasteiger partial charge in [-0.15, -0.1) is 0 Å². The van der Waals surface area contributed by atoms with Crippen molar-refractivity contribution < 1.29 is 27.1 Å². The number of ether oxygens (including phenoxy) is 1. The molecule has 4 aromatic rings. The van der Waals surface area contributed by atoms with Crippen LogP contribution in [0.2, 0.25) is 0 Å². The minimum absolute atomic E-state index is 0.0196. The highest BCUT2D eigenvalue weighted by molar-refractivity contribution is 5.97. The normalized spacial score (nSPS) is 11.4. The van der Waals surface area contributed by atoms with Crippen LogP contribution in [-0.4, -0.2) is 10.8 Å². The Labute approximate surface area is 188 Å². The van der Waals surface area contributed by atoms with Crippen LogP contribution >= 0.6 is 0 Å². The summed E-state index contributed by atoms with van der Waals surface area (Å²) < 4.78 is 49.7. The lowest BCUT2D eigenvalue weighted by Crippen LogP contribution is -2.04. The van der Waals surface area contributed by atoms with Crippen LogP contribution in [-0.2, 0) is 19.2 Å². The van der Waals surface area contributed by atoms with Gasteiger partial charge in [0.25, 0.3) is 0 Å². The molecule has 0 atom stereocenters. The summed E-state index contributed by atoms with van der Waals surface area (Å²) in [4.78, 5) is 16.9. The minimum atomic E-state index is -4.40. The second-order valence-electron chi connectivity index (χ2n) is 7.50. The highest BCUT2D eigenvalue weighted by atomic mass is 19.4. The van der Waals surface area contributed by atoms with Gasteiger partial charge in [0, 0.05) is 17.5 Å². The number of nitrogens with zero attached hydrogens (tertiary/aromatic N) is 1. The zero-order valence-electron chi connectivity index (χ0n) is 17.7. The third-order valence-corrected chi connectivity index (χ3v) is 5.09. The lowest BCUT2D eigenvalue weighted by Gasteiger charge is -2.07. The van der Waals surface area contributed by atoms with Crippen molar-refractivity contribution in [3.63, 3.8) is 0 Å². The predicted octanol–water partition coefficient (Wildman–Crippen LogP) is 6.67. The summed E-state index contributed by atoms with van der Waals surface area (Å²) in [6, 6.07) is 21.0. The standard InChI is InChI=1S/C26H20F3NO3/c1-17-23(30-25(33-17)19-10-12-21(13-11-19)26(27,28)29)16-32-22-9-5-8-20(15-22)24(31)14-18-6-3-2-4-7-18/h2-13,15H,14,16H2,1H3. The molecule has 0 saturated carbocycles. The van der Waals surface area contributed by atoms with E-state index in [4.69, 9.17) is 9.15 Å². The first-order valence-electron chi connectivity index (χ1n) is 10.2. The van der Waals surface area contributed by atoms with Crippen LogP contribution in [0.4, 0.5) is 13.2 Å². The molecule has 168 valence electrons. The molecule has 0 aliphatic rings. The highest BCUT2D eigenvalue weighted by Gasteiger charge is 2.30. The molecule has 0 fully saturated rings. The van der Waals surface area contributed by atoms with Crippen molar-refractivity contribution >= 4 is 5.78 Å². The van der Waals surface area contributed by atoms with E-state index in [-0.39, 0.29) is 18.3 Å². The molecule has 0 N–H and O–H groups in total. The van der Waals surface area contributed by atoms with Crippen molar-refractivity contribution in [2.45, 2.75) is 26.1 Å². The van der Waals surface area contributed by atoms with E-state index >= 15 is 0 Å². The fourth-order valence-corrected chi connectivity index (χ4v) is 3.28. The molecule has 0 bridgehead atoms. The lowest BCUT2D eigenvalue weighted by molar-refractivity contribution is -0.137. The van der Waals surface area contributed by atoms with Crippen molar-refractivity contribution in [1.29, 1.82) is 0 Å². The third kappa shape index (κ3) is 5.49. The van der Waals surface area contributed by atoms with Crippen LogP contribution in [0.5, 0.6) is 5.75 Å². The first kappa shape index (κ1) is 22.3. The minimum Gasteiger partial charge on any atom is -0.487 e. The summed E-state index contributed by atoms with van der Waals surface area (Å²) in [6.07, 6.45) is -4.11. The molecule has 0 aliphatic heterocycles. The number of alkyl halides is 3. The van der Waals surface area contributed by atoms with Crippen molar-refractivity contribution in [3.05, 3.63) is 107 Å². The second-order valence-corrected chi connectivity index (χ2v) is 7.50. The first-order chi connectivity index (χ1) is 15.8. The topological polar surface area (TPSA) is 52.3 Å². The molecule has 0 radical (unpaired) electrons. The van der Waals surface area contributed by atoms with Crippen LogP contribution in [0, 0.1) is 6.92 Å². The number of oxazole rings is 1. The molecular weight excluding hydrogens is 431 g/mol. The summed E-state index contributed by atoms with van der Waals surface area (Å²) in [5.41, 5.74) is 1.69. The summed E-state index contributed by atoms with van der Waals surface area (Å²) in [6.45, 7) is 1.80. The fourth-order valence-electron chi connectivity index (χ4n) is 3.28. The van der Waals surface area contributed by atoms with Crippen LogP contribution in [0.25, 0.3) is 11.5 Å². The third-order valence-electron chi connectivity index (χ3n) is 5.09. The maximum absolute atomic E-state index is 12.8. The molecule has 1 aromatic heterocycles. The number of aryl methyl sites for hydroxylation is 1. The van der Waals surface area contributed by atoms with Gasteiger partial charge >= 0.3 is 6.18 Å². The van der Waals surface area contributed by atoms with Gasteiger partial charge < -0.3 is 9.15 Å². The quantitative estimate of drug-likeness (QED) is 0.294. The Morgan fingerprint density at radius 2 is 1.70 bits per heavy atom. The Kier molecular flexibility index (Phi) is 6.31. The summed E-state index contributed by atoms with van der Waals surface area (Å²) in [5.74, 6) is 1.20. The molecule has 0 spiro atoms. The van der Waals surface area contributed by atoms with Crippen molar-refractivity contribution in [2.24, 2.45) is 0 Å². The van der Waals surface area contributed by atoms with E-state index in [0.29, 0.717) is 34.8 Å². The van der Waals surface area contributed by atoms with E-state index in [1.807, 2.05) is 30.3 Å². The summed E-state index contributed by atoms with van der Waals surface area (Å²) >= 11 is 0. The van der Waals surface area contributed by atoms with E-state index in [1.165, 1.54) is 12.1 Å².